The Morgan fingerprint density at radius 3 is 2.34 bits per heavy atom. The number of piperidine rings is 1. The van der Waals surface area contributed by atoms with Crippen LogP contribution in [0.5, 0.6) is 11.5 Å². The van der Waals surface area contributed by atoms with E-state index in [9.17, 15) is 4.79 Å². The summed E-state index contributed by atoms with van der Waals surface area (Å²) in [5, 5.41) is 3.15. The number of hydrogen-bond donors (Lipinski definition) is 1. The number of para-hydroxylation sites is 2. The van der Waals surface area contributed by atoms with Crippen LogP contribution < -0.4 is 19.7 Å². The normalized spacial score (nSPS) is 16.2. The van der Waals surface area contributed by atoms with E-state index in [0.29, 0.717) is 18.8 Å². The summed E-state index contributed by atoms with van der Waals surface area (Å²) < 4.78 is 10.8. The minimum absolute atomic E-state index is 0.0603. The minimum atomic E-state index is -0.0603. The Morgan fingerprint density at radius 1 is 0.931 bits per heavy atom. The van der Waals surface area contributed by atoms with Gasteiger partial charge in [0.15, 0.2) is 11.5 Å². The first-order valence-electron chi connectivity index (χ1n) is 10.3. The number of amides is 2. The number of nitrogens with one attached hydrogen (secondary N) is 1. The number of ether oxygens (including phenoxy) is 2. The van der Waals surface area contributed by atoms with Crippen molar-refractivity contribution in [3.8, 4) is 11.5 Å². The van der Waals surface area contributed by atoms with Gasteiger partial charge in [-0.25, -0.2) is 4.79 Å². The predicted octanol–water partition coefficient (Wildman–Crippen LogP) is 4.28. The Bertz CT molecular complexity index is 878. The van der Waals surface area contributed by atoms with Crippen LogP contribution in [0.15, 0.2) is 36.4 Å². The maximum atomic E-state index is 13.0. The van der Waals surface area contributed by atoms with Gasteiger partial charge in [0, 0.05) is 26.2 Å². The van der Waals surface area contributed by atoms with E-state index in [1.165, 1.54) is 24.8 Å². The molecule has 4 rings (SSSR count). The van der Waals surface area contributed by atoms with Crippen molar-refractivity contribution in [2.24, 2.45) is 0 Å². The largest absolute Gasteiger partial charge is 0.493 e. The molecule has 29 heavy (non-hydrogen) atoms. The number of methoxy groups -OCH3 is 2. The molecule has 2 amide bonds. The summed E-state index contributed by atoms with van der Waals surface area (Å²) in [5.74, 6) is 1.43. The lowest BCUT2D eigenvalue weighted by atomic mass is 9.99. The molecule has 0 bridgehead atoms. The van der Waals surface area contributed by atoms with Crippen LogP contribution >= 0.6 is 0 Å². The molecular weight excluding hydrogens is 366 g/mol. The molecular formula is C23H29N3O3. The highest BCUT2D eigenvalue weighted by molar-refractivity contribution is 5.93. The fourth-order valence-electron chi connectivity index (χ4n) is 4.24. The van der Waals surface area contributed by atoms with E-state index < -0.39 is 0 Å². The quantitative estimate of drug-likeness (QED) is 0.839. The molecule has 1 saturated heterocycles. The van der Waals surface area contributed by atoms with Gasteiger partial charge in [0.25, 0.3) is 0 Å². The summed E-state index contributed by atoms with van der Waals surface area (Å²) in [5.41, 5.74) is 4.32. The summed E-state index contributed by atoms with van der Waals surface area (Å²) in [6, 6.07) is 12.1. The van der Waals surface area contributed by atoms with E-state index in [2.05, 4.69) is 16.3 Å². The molecule has 0 atom stereocenters. The lowest BCUT2D eigenvalue weighted by Gasteiger charge is -2.32. The summed E-state index contributed by atoms with van der Waals surface area (Å²) in [6.45, 7) is 3.34. The fourth-order valence-corrected chi connectivity index (χ4v) is 4.24. The third kappa shape index (κ3) is 4.11. The van der Waals surface area contributed by atoms with Crippen molar-refractivity contribution in [3.05, 3.63) is 47.5 Å². The molecule has 2 aromatic carbocycles. The summed E-state index contributed by atoms with van der Waals surface area (Å²) in [7, 11) is 3.28. The molecule has 0 radical (unpaired) electrons. The second-order valence-corrected chi connectivity index (χ2v) is 7.64. The van der Waals surface area contributed by atoms with Crippen molar-refractivity contribution < 1.29 is 14.3 Å². The molecule has 0 spiro atoms. The first kappa shape index (κ1) is 19.4. The summed E-state index contributed by atoms with van der Waals surface area (Å²) >= 11 is 0. The third-order valence-corrected chi connectivity index (χ3v) is 5.85. The number of fused-ring (bicyclic) bond motifs is 1. The van der Waals surface area contributed by atoms with E-state index in [0.717, 1.165) is 42.2 Å². The molecule has 0 aromatic heterocycles. The van der Waals surface area contributed by atoms with E-state index in [1.54, 1.807) is 14.2 Å². The molecule has 6 nitrogen and oxygen atoms in total. The van der Waals surface area contributed by atoms with Crippen molar-refractivity contribution in [3.63, 3.8) is 0 Å². The lowest BCUT2D eigenvalue weighted by molar-refractivity contribution is 0.206. The second kappa shape index (κ2) is 8.64. The molecule has 2 heterocycles. The monoisotopic (exact) mass is 395 g/mol. The molecule has 2 aliphatic rings. The standard InChI is InChI=1S/C23H29N3O3/c1-28-21-14-17-10-13-26(16-18(17)15-22(21)29-2)23(27)24-19-8-4-5-9-20(19)25-11-6-3-7-12-25/h4-5,8-9,14-15H,3,6-7,10-13,16H2,1-2H3,(H,24,27). The van der Waals surface area contributed by atoms with Crippen molar-refractivity contribution >= 4 is 17.4 Å². The zero-order valence-corrected chi connectivity index (χ0v) is 17.2. The van der Waals surface area contributed by atoms with Crippen LogP contribution in [0.4, 0.5) is 16.2 Å². The van der Waals surface area contributed by atoms with Gasteiger partial charge in [-0.05, 0) is 61.1 Å². The van der Waals surface area contributed by atoms with E-state index in [-0.39, 0.29) is 6.03 Å². The van der Waals surface area contributed by atoms with Crippen LogP contribution in [0, 0.1) is 0 Å². The number of rotatable bonds is 4. The molecule has 2 aliphatic heterocycles. The smallest absolute Gasteiger partial charge is 0.322 e. The van der Waals surface area contributed by atoms with Gasteiger partial charge in [-0.1, -0.05) is 12.1 Å². The fraction of sp³-hybridized carbons (Fsp3) is 0.435. The van der Waals surface area contributed by atoms with Crippen molar-refractivity contribution in [2.75, 3.05) is 44.1 Å². The first-order chi connectivity index (χ1) is 14.2. The average Bonchev–Trinajstić information content (AvgIpc) is 2.78. The Morgan fingerprint density at radius 2 is 1.62 bits per heavy atom. The maximum Gasteiger partial charge on any atom is 0.322 e. The molecule has 0 saturated carbocycles. The Labute approximate surface area is 172 Å². The van der Waals surface area contributed by atoms with Crippen molar-refractivity contribution in [2.45, 2.75) is 32.2 Å². The highest BCUT2D eigenvalue weighted by Gasteiger charge is 2.24. The molecule has 154 valence electrons. The number of carbonyl (C=O) groups excluding carboxylic acids is 1. The number of benzene rings is 2. The number of nitrogens with zero attached hydrogens (tertiary/aromatic N) is 2. The predicted molar refractivity (Wildman–Crippen MR) is 115 cm³/mol. The molecule has 6 heteroatoms. The average molecular weight is 396 g/mol. The molecule has 1 N–H and O–H groups in total. The molecule has 2 aromatic rings. The van der Waals surface area contributed by atoms with Gasteiger partial charge in [-0.3, -0.25) is 0 Å². The van der Waals surface area contributed by atoms with Crippen molar-refractivity contribution in [1.29, 1.82) is 0 Å². The zero-order chi connectivity index (χ0) is 20.2. The maximum absolute atomic E-state index is 13.0. The van der Waals surface area contributed by atoms with Gasteiger partial charge in [-0.2, -0.15) is 0 Å². The number of hydrogen-bond acceptors (Lipinski definition) is 4. The molecule has 0 unspecified atom stereocenters. The van der Waals surface area contributed by atoms with Crippen LogP contribution in [-0.4, -0.2) is 44.8 Å². The van der Waals surface area contributed by atoms with Crippen LogP contribution in [0.3, 0.4) is 0 Å². The van der Waals surface area contributed by atoms with Crippen molar-refractivity contribution in [1.82, 2.24) is 4.90 Å². The third-order valence-electron chi connectivity index (χ3n) is 5.85. The Hall–Kier alpha value is -2.89. The summed E-state index contributed by atoms with van der Waals surface area (Å²) in [4.78, 5) is 17.3. The molecule has 1 fully saturated rings. The lowest BCUT2D eigenvalue weighted by Crippen LogP contribution is -2.39. The van der Waals surface area contributed by atoms with E-state index in [1.807, 2.05) is 35.2 Å². The summed E-state index contributed by atoms with van der Waals surface area (Å²) in [6.07, 6.45) is 4.50. The van der Waals surface area contributed by atoms with Gasteiger partial charge in [-0.15, -0.1) is 0 Å². The SMILES string of the molecule is COc1cc2c(cc1OC)CN(C(=O)Nc1ccccc1N1CCCCC1)CC2. The van der Waals surface area contributed by atoms with Gasteiger partial charge < -0.3 is 24.6 Å². The highest BCUT2D eigenvalue weighted by atomic mass is 16.5. The van der Waals surface area contributed by atoms with Crippen LogP contribution in [-0.2, 0) is 13.0 Å². The number of carbonyl (C=O) groups is 1. The number of anilines is 2. The minimum Gasteiger partial charge on any atom is -0.493 e. The van der Waals surface area contributed by atoms with Crippen LogP contribution in [0.2, 0.25) is 0 Å². The second-order valence-electron chi connectivity index (χ2n) is 7.64. The zero-order valence-electron chi connectivity index (χ0n) is 17.2. The highest BCUT2D eigenvalue weighted by Crippen LogP contribution is 2.34. The van der Waals surface area contributed by atoms with Gasteiger partial charge in [0.1, 0.15) is 0 Å². The van der Waals surface area contributed by atoms with Crippen LogP contribution in [0.25, 0.3) is 0 Å². The van der Waals surface area contributed by atoms with E-state index in [4.69, 9.17) is 9.47 Å². The number of urea groups is 1. The Balaban J connectivity index is 1.49. The van der Waals surface area contributed by atoms with Crippen LogP contribution in [0.1, 0.15) is 30.4 Å². The first-order valence-corrected chi connectivity index (χ1v) is 10.3. The van der Waals surface area contributed by atoms with Gasteiger partial charge in [0.2, 0.25) is 0 Å². The molecule has 0 aliphatic carbocycles. The van der Waals surface area contributed by atoms with Gasteiger partial charge >= 0.3 is 6.03 Å². The van der Waals surface area contributed by atoms with Gasteiger partial charge in [0.05, 0.1) is 25.6 Å². The van der Waals surface area contributed by atoms with E-state index >= 15 is 0 Å². The topological polar surface area (TPSA) is 54.0 Å². The Kier molecular flexibility index (Phi) is 5.79.